The average molecular weight is 421 g/mol. The topological polar surface area (TPSA) is 52.9 Å². The minimum absolute atomic E-state index is 0.101. The maximum absolute atomic E-state index is 12.4. The van der Waals surface area contributed by atoms with Gasteiger partial charge in [-0.05, 0) is 77.4 Å². The van der Waals surface area contributed by atoms with Gasteiger partial charge in [0.05, 0.1) is 4.91 Å². The third-order valence-electron chi connectivity index (χ3n) is 6.11. The Bertz CT molecular complexity index is 1030. The summed E-state index contributed by atoms with van der Waals surface area (Å²) in [6.07, 6.45) is 5.20. The second-order valence-corrected chi connectivity index (χ2v) is 9.61. The number of amidine groups is 1. The van der Waals surface area contributed by atoms with Crippen LogP contribution in [0.3, 0.4) is 0 Å². The molecule has 0 atom stereocenters. The largest absolute Gasteiger partial charge is 0.508 e. The lowest BCUT2D eigenvalue weighted by atomic mass is 9.80. The van der Waals surface area contributed by atoms with Crippen molar-refractivity contribution in [2.75, 3.05) is 13.1 Å². The number of likely N-dealkylation sites (tertiary alicyclic amines) is 1. The normalized spacial score (nSPS) is 18.4. The van der Waals surface area contributed by atoms with Crippen molar-refractivity contribution in [3.63, 3.8) is 0 Å². The molecule has 2 aromatic rings. The van der Waals surface area contributed by atoms with Crippen LogP contribution < -0.4 is 0 Å². The fraction of sp³-hybridized carbons (Fsp3) is 0.360. The number of hydrogen-bond donors (Lipinski definition) is 1. The highest BCUT2D eigenvalue weighted by Gasteiger charge is 2.27. The van der Waals surface area contributed by atoms with E-state index in [1.807, 2.05) is 24.3 Å². The Morgan fingerprint density at radius 3 is 2.60 bits per heavy atom. The van der Waals surface area contributed by atoms with E-state index in [1.165, 1.54) is 11.8 Å². The van der Waals surface area contributed by atoms with E-state index in [1.54, 1.807) is 6.07 Å². The first kappa shape index (κ1) is 20.7. The zero-order valence-electron chi connectivity index (χ0n) is 17.8. The molecule has 30 heavy (non-hydrogen) atoms. The Balaban J connectivity index is 1.60. The van der Waals surface area contributed by atoms with E-state index >= 15 is 0 Å². The minimum atomic E-state index is -0.149. The summed E-state index contributed by atoms with van der Waals surface area (Å²) < 4.78 is 0. The number of phenolic OH excluding ortho intramolecular Hbond substituents is 1. The number of carbonyl (C=O) groups excluding carboxylic acids is 1. The summed E-state index contributed by atoms with van der Waals surface area (Å²) in [5, 5.41) is 11.2. The van der Waals surface area contributed by atoms with Crippen LogP contribution in [0.4, 0.5) is 0 Å². The molecule has 0 bridgehead atoms. The summed E-state index contributed by atoms with van der Waals surface area (Å²) in [6, 6.07) is 14.0. The smallest absolute Gasteiger partial charge is 0.286 e. The van der Waals surface area contributed by atoms with E-state index in [0.29, 0.717) is 10.7 Å². The molecule has 1 saturated heterocycles. The highest BCUT2D eigenvalue weighted by atomic mass is 32.2. The fourth-order valence-corrected chi connectivity index (χ4v) is 4.81. The molecule has 4 rings (SSSR count). The lowest BCUT2D eigenvalue weighted by Gasteiger charge is -2.25. The van der Waals surface area contributed by atoms with E-state index in [9.17, 15) is 9.90 Å². The van der Waals surface area contributed by atoms with Crippen LogP contribution in [0.15, 0.2) is 52.4 Å². The predicted octanol–water partition coefficient (Wildman–Crippen LogP) is 5.81. The van der Waals surface area contributed by atoms with Crippen LogP contribution in [0, 0.1) is 0 Å². The summed E-state index contributed by atoms with van der Waals surface area (Å²) in [4.78, 5) is 19.5. The standard InChI is InChI=1S/C25H28N2O2S/c1-4-25(2,3)20-16-19(10-11-21(20)28)18-9-7-8-17(14-18)15-22-23(29)26-24(30-22)27-12-5-6-13-27/h7-11,14-16,28H,4-6,12-13H2,1-3H3/b22-15-. The summed E-state index contributed by atoms with van der Waals surface area (Å²) >= 11 is 1.48. The van der Waals surface area contributed by atoms with Gasteiger partial charge < -0.3 is 10.0 Å². The summed E-state index contributed by atoms with van der Waals surface area (Å²) in [5.41, 5.74) is 3.95. The van der Waals surface area contributed by atoms with Crippen LogP contribution in [0.25, 0.3) is 17.2 Å². The van der Waals surface area contributed by atoms with Crippen molar-refractivity contribution in [3.8, 4) is 16.9 Å². The van der Waals surface area contributed by atoms with Crippen LogP contribution in [0.2, 0.25) is 0 Å². The van der Waals surface area contributed by atoms with Crippen molar-refractivity contribution >= 4 is 28.9 Å². The lowest BCUT2D eigenvalue weighted by molar-refractivity contribution is -0.113. The van der Waals surface area contributed by atoms with Crippen molar-refractivity contribution in [3.05, 3.63) is 58.5 Å². The molecule has 2 aromatic carbocycles. The van der Waals surface area contributed by atoms with Crippen molar-refractivity contribution in [1.82, 2.24) is 4.90 Å². The molecular formula is C25H28N2O2S. The fourth-order valence-electron chi connectivity index (χ4n) is 3.85. The highest BCUT2D eigenvalue weighted by Crippen LogP contribution is 2.37. The first-order chi connectivity index (χ1) is 14.4. The Morgan fingerprint density at radius 1 is 1.13 bits per heavy atom. The second-order valence-electron chi connectivity index (χ2n) is 8.60. The third-order valence-corrected chi connectivity index (χ3v) is 7.16. The molecule has 0 unspecified atom stereocenters. The van der Waals surface area contributed by atoms with E-state index in [2.05, 4.69) is 48.9 Å². The van der Waals surface area contributed by atoms with Crippen LogP contribution in [0.1, 0.15) is 51.2 Å². The lowest BCUT2D eigenvalue weighted by Crippen LogP contribution is -2.23. The molecule has 2 aliphatic heterocycles. The Hall–Kier alpha value is -2.53. The number of amides is 1. The maximum atomic E-state index is 12.4. The van der Waals surface area contributed by atoms with Gasteiger partial charge in [-0.3, -0.25) is 4.79 Å². The van der Waals surface area contributed by atoms with Crippen molar-refractivity contribution < 1.29 is 9.90 Å². The zero-order chi connectivity index (χ0) is 21.3. The van der Waals surface area contributed by atoms with Gasteiger partial charge in [0.15, 0.2) is 5.17 Å². The van der Waals surface area contributed by atoms with Gasteiger partial charge in [0, 0.05) is 18.7 Å². The number of phenols is 1. The molecular weight excluding hydrogens is 392 g/mol. The Kier molecular flexibility index (Phi) is 5.74. The van der Waals surface area contributed by atoms with E-state index in [-0.39, 0.29) is 11.3 Å². The van der Waals surface area contributed by atoms with Gasteiger partial charge in [-0.1, -0.05) is 45.0 Å². The Morgan fingerprint density at radius 2 is 1.87 bits per heavy atom. The van der Waals surface area contributed by atoms with E-state index in [0.717, 1.165) is 59.8 Å². The number of aliphatic imine (C=N–C) groups is 1. The minimum Gasteiger partial charge on any atom is -0.508 e. The molecule has 1 fully saturated rings. The summed E-state index contributed by atoms with van der Waals surface area (Å²) in [6.45, 7) is 8.40. The molecule has 1 N–H and O–H groups in total. The zero-order valence-corrected chi connectivity index (χ0v) is 18.6. The molecule has 0 aliphatic carbocycles. The molecule has 2 aliphatic rings. The van der Waals surface area contributed by atoms with Crippen LogP contribution in [-0.2, 0) is 10.2 Å². The number of carbonyl (C=O) groups is 1. The predicted molar refractivity (Wildman–Crippen MR) is 126 cm³/mol. The van der Waals surface area contributed by atoms with Crippen LogP contribution in [0.5, 0.6) is 5.75 Å². The van der Waals surface area contributed by atoms with Gasteiger partial charge in [0.25, 0.3) is 5.91 Å². The number of thioether (sulfide) groups is 1. The first-order valence-electron chi connectivity index (χ1n) is 10.6. The van der Waals surface area contributed by atoms with E-state index in [4.69, 9.17) is 0 Å². The van der Waals surface area contributed by atoms with Gasteiger partial charge in [-0.2, -0.15) is 4.99 Å². The molecule has 0 saturated carbocycles. The van der Waals surface area contributed by atoms with Crippen molar-refractivity contribution in [2.24, 2.45) is 4.99 Å². The van der Waals surface area contributed by atoms with Gasteiger partial charge >= 0.3 is 0 Å². The van der Waals surface area contributed by atoms with Crippen LogP contribution >= 0.6 is 11.8 Å². The first-order valence-corrected chi connectivity index (χ1v) is 11.4. The van der Waals surface area contributed by atoms with Crippen LogP contribution in [-0.4, -0.2) is 34.2 Å². The van der Waals surface area contributed by atoms with Gasteiger partial charge in [-0.15, -0.1) is 0 Å². The number of nitrogens with zero attached hydrogens (tertiary/aromatic N) is 2. The van der Waals surface area contributed by atoms with Gasteiger partial charge in [0.2, 0.25) is 0 Å². The summed E-state index contributed by atoms with van der Waals surface area (Å²) in [5.74, 6) is 0.187. The monoisotopic (exact) mass is 420 g/mol. The number of hydrogen-bond acceptors (Lipinski definition) is 4. The molecule has 5 heteroatoms. The molecule has 0 radical (unpaired) electrons. The van der Waals surface area contributed by atoms with E-state index < -0.39 is 0 Å². The molecule has 156 valence electrons. The number of aromatic hydroxyl groups is 1. The maximum Gasteiger partial charge on any atom is 0.286 e. The molecule has 0 aromatic heterocycles. The SMILES string of the molecule is CCC(C)(C)c1cc(-c2cccc(/C=C3\SC(N4CCCC4)=NC3=O)c2)ccc1O. The third kappa shape index (κ3) is 4.17. The Labute approximate surface area is 182 Å². The molecule has 0 spiro atoms. The molecule has 1 amide bonds. The second kappa shape index (κ2) is 8.31. The molecule has 4 nitrogen and oxygen atoms in total. The quantitative estimate of drug-likeness (QED) is 0.634. The van der Waals surface area contributed by atoms with Crippen molar-refractivity contribution in [2.45, 2.75) is 45.4 Å². The molecule has 2 heterocycles. The van der Waals surface area contributed by atoms with Gasteiger partial charge in [0.1, 0.15) is 5.75 Å². The van der Waals surface area contributed by atoms with Gasteiger partial charge in [-0.25, -0.2) is 0 Å². The highest BCUT2D eigenvalue weighted by molar-refractivity contribution is 8.18. The number of benzene rings is 2. The van der Waals surface area contributed by atoms with Crippen molar-refractivity contribution in [1.29, 1.82) is 0 Å². The summed E-state index contributed by atoms with van der Waals surface area (Å²) in [7, 11) is 0. The number of rotatable bonds is 4. The average Bonchev–Trinajstić information content (AvgIpc) is 3.39.